The number of aliphatic carboxylic acids is 1. The SMILES string of the molecule is C[C@@H]1CN(c2ncc(Br)cn2)C[C@H](C)N1CCOc1cc(CC(=O)O)ccc1Cl. The number of aromatic nitrogens is 2. The molecule has 1 aliphatic heterocycles. The van der Waals surface area contributed by atoms with Gasteiger partial charge in [-0.15, -0.1) is 0 Å². The number of nitrogens with zero attached hydrogens (tertiary/aromatic N) is 4. The lowest BCUT2D eigenvalue weighted by molar-refractivity contribution is -0.136. The van der Waals surface area contributed by atoms with E-state index < -0.39 is 5.97 Å². The molecule has 0 unspecified atom stereocenters. The fraction of sp³-hybridized carbons (Fsp3) is 0.450. The van der Waals surface area contributed by atoms with E-state index in [4.69, 9.17) is 21.4 Å². The molecule has 9 heteroatoms. The summed E-state index contributed by atoms with van der Waals surface area (Å²) in [6, 6.07) is 5.70. The molecule has 156 valence electrons. The number of benzene rings is 1. The number of ether oxygens (including phenoxy) is 1. The Morgan fingerprint density at radius 2 is 1.93 bits per heavy atom. The van der Waals surface area contributed by atoms with Crippen molar-refractivity contribution in [1.82, 2.24) is 14.9 Å². The van der Waals surface area contributed by atoms with Gasteiger partial charge in [0.05, 0.1) is 15.9 Å². The lowest BCUT2D eigenvalue weighted by Crippen LogP contribution is -2.58. The van der Waals surface area contributed by atoms with Crippen molar-refractivity contribution in [2.45, 2.75) is 32.4 Å². The van der Waals surface area contributed by atoms with Crippen LogP contribution in [0.15, 0.2) is 35.1 Å². The summed E-state index contributed by atoms with van der Waals surface area (Å²) in [6.45, 7) is 7.25. The molecule has 1 aliphatic rings. The number of piperazine rings is 1. The Bertz CT molecular complexity index is 840. The van der Waals surface area contributed by atoms with E-state index in [0.717, 1.165) is 30.1 Å². The van der Waals surface area contributed by atoms with Gasteiger partial charge in [-0.2, -0.15) is 0 Å². The molecule has 0 amide bonds. The van der Waals surface area contributed by atoms with Gasteiger partial charge in [-0.25, -0.2) is 9.97 Å². The van der Waals surface area contributed by atoms with Gasteiger partial charge >= 0.3 is 5.97 Å². The second-order valence-corrected chi connectivity index (χ2v) is 8.55. The van der Waals surface area contributed by atoms with Crippen molar-refractivity contribution >= 4 is 39.4 Å². The minimum atomic E-state index is -0.881. The molecule has 3 rings (SSSR count). The molecule has 0 spiro atoms. The van der Waals surface area contributed by atoms with Gasteiger partial charge in [-0.1, -0.05) is 17.7 Å². The lowest BCUT2D eigenvalue weighted by Gasteiger charge is -2.44. The highest BCUT2D eigenvalue weighted by molar-refractivity contribution is 9.10. The number of carboxylic acids is 1. The Morgan fingerprint density at radius 1 is 1.28 bits per heavy atom. The van der Waals surface area contributed by atoms with Crippen LogP contribution in [0.1, 0.15) is 19.4 Å². The van der Waals surface area contributed by atoms with Crippen LogP contribution in [0.3, 0.4) is 0 Å². The molecule has 0 aliphatic carbocycles. The number of anilines is 1. The zero-order valence-electron chi connectivity index (χ0n) is 16.4. The first kappa shape index (κ1) is 21.8. The number of halogens is 2. The highest BCUT2D eigenvalue weighted by Crippen LogP contribution is 2.26. The van der Waals surface area contributed by atoms with Crippen LogP contribution < -0.4 is 9.64 Å². The van der Waals surface area contributed by atoms with E-state index in [1.807, 2.05) is 0 Å². The van der Waals surface area contributed by atoms with Crippen molar-refractivity contribution in [3.8, 4) is 5.75 Å². The number of hydrogen-bond acceptors (Lipinski definition) is 6. The Balaban J connectivity index is 1.56. The van der Waals surface area contributed by atoms with Gasteiger partial charge in [0.1, 0.15) is 12.4 Å². The quantitative estimate of drug-likeness (QED) is 0.646. The highest BCUT2D eigenvalue weighted by Gasteiger charge is 2.30. The number of rotatable bonds is 7. The van der Waals surface area contributed by atoms with Crippen LogP contribution >= 0.6 is 27.5 Å². The first-order chi connectivity index (χ1) is 13.8. The summed E-state index contributed by atoms with van der Waals surface area (Å²) < 4.78 is 6.74. The Hall–Kier alpha value is -1.90. The molecule has 0 bridgehead atoms. The van der Waals surface area contributed by atoms with Crippen molar-refractivity contribution in [3.63, 3.8) is 0 Å². The first-order valence-corrected chi connectivity index (χ1v) is 10.6. The third-order valence-corrected chi connectivity index (χ3v) is 5.67. The third-order valence-electron chi connectivity index (χ3n) is 4.95. The van der Waals surface area contributed by atoms with Gasteiger partial charge in [0, 0.05) is 44.1 Å². The summed E-state index contributed by atoms with van der Waals surface area (Å²) in [4.78, 5) is 24.3. The predicted octanol–water partition coefficient (Wildman–Crippen LogP) is 3.50. The molecule has 2 aromatic rings. The van der Waals surface area contributed by atoms with Crippen molar-refractivity contribution < 1.29 is 14.6 Å². The Kier molecular flexibility index (Phi) is 7.32. The smallest absolute Gasteiger partial charge is 0.307 e. The van der Waals surface area contributed by atoms with Crippen LogP contribution in [0.4, 0.5) is 5.95 Å². The summed E-state index contributed by atoms with van der Waals surface area (Å²) in [5.41, 5.74) is 0.668. The molecule has 1 aromatic heterocycles. The summed E-state index contributed by atoms with van der Waals surface area (Å²) in [5, 5.41) is 9.44. The van der Waals surface area contributed by atoms with E-state index in [2.05, 4.69) is 49.5 Å². The minimum Gasteiger partial charge on any atom is -0.491 e. The van der Waals surface area contributed by atoms with Gasteiger partial charge in [0.2, 0.25) is 5.95 Å². The average Bonchev–Trinajstić information content (AvgIpc) is 2.66. The molecule has 1 fully saturated rings. The van der Waals surface area contributed by atoms with Crippen molar-refractivity contribution in [3.05, 3.63) is 45.7 Å². The molecular formula is C20H24BrClN4O3. The third kappa shape index (κ3) is 5.81. The molecule has 0 saturated carbocycles. The maximum absolute atomic E-state index is 10.9. The summed E-state index contributed by atoms with van der Waals surface area (Å²) in [5.74, 6) is 0.381. The number of carboxylic acid groups (broad SMARTS) is 1. The largest absolute Gasteiger partial charge is 0.491 e. The molecule has 1 N–H and O–H groups in total. The Labute approximate surface area is 183 Å². The molecular weight excluding hydrogens is 460 g/mol. The van der Waals surface area contributed by atoms with Crippen LogP contribution in [0.5, 0.6) is 5.75 Å². The van der Waals surface area contributed by atoms with E-state index >= 15 is 0 Å². The van der Waals surface area contributed by atoms with E-state index in [9.17, 15) is 4.79 Å². The lowest BCUT2D eigenvalue weighted by atomic mass is 10.1. The maximum atomic E-state index is 10.9. The van der Waals surface area contributed by atoms with E-state index in [1.54, 1.807) is 30.6 Å². The second kappa shape index (κ2) is 9.73. The van der Waals surface area contributed by atoms with Crippen LogP contribution in [-0.4, -0.2) is 64.3 Å². The van der Waals surface area contributed by atoms with E-state index in [-0.39, 0.29) is 6.42 Å². The zero-order chi connectivity index (χ0) is 21.0. The van der Waals surface area contributed by atoms with E-state index in [1.165, 1.54) is 0 Å². The monoisotopic (exact) mass is 482 g/mol. The van der Waals surface area contributed by atoms with Gasteiger partial charge in [0.15, 0.2) is 0 Å². The van der Waals surface area contributed by atoms with Gasteiger partial charge in [-0.05, 0) is 47.5 Å². The number of carbonyl (C=O) groups is 1. The molecule has 2 heterocycles. The fourth-order valence-electron chi connectivity index (χ4n) is 3.63. The van der Waals surface area contributed by atoms with E-state index in [0.29, 0.717) is 35.0 Å². The maximum Gasteiger partial charge on any atom is 0.307 e. The van der Waals surface area contributed by atoms with Gasteiger partial charge in [-0.3, -0.25) is 9.69 Å². The molecule has 29 heavy (non-hydrogen) atoms. The normalized spacial score (nSPS) is 19.9. The van der Waals surface area contributed by atoms with Crippen LogP contribution in [0.2, 0.25) is 5.02 Å². The van der Waals surface area contributed by atoms with Crippen LogP contribution in [-0.2, 0) is 11.2 Å². The average molecular weight is 484 g/mol. The summed E-state index contributed by atoms with van der Waals surface area (Å²) >= 11 is 9.57. The minimum absolute atomic E-state index is 0.0539. The van der Waals surface area contributed by atoms with Gasteiger partial charge < -0.3 is 14.7 Å². The highest BCUT2D eigenvalue weighted by atomic mass is 79.9. The fourth-order valence-corrected chi connectivity index (χ4v) is 4.01. The molecule has 2 atom stereocenters. The molecule has 7 nitrogen and oxygen atoms in total. The number of hydrogen-bond donors (Lipinski definition) is 1. The first-order valence-electron chi connectivity index (χ1n) is 9.44. The Morgan fingerprint density at radius 3 is 2.55 bits per heavy atom. The van der Waals surface area contributed by atoms with Crippen molar-refractivity contribution in [2.24, 2.45) is 0 Å². The van der Waals surface area contributed by atoms with Gasteiger partial charge in [0.25, 0.3) is 0 Å². The second-order valence-electron chi connectivity index (χ2n) is 7.23. The summed E-state index contributed by atoms with van der Waals surface area (Å²) in [7, 11) is 0. The van der Waals surface area contributed by atoms with Crippen molar-refractivity contribution in [1.29, 1.82) is 0 Å². The predicted molar refractivity (Wildman–Crippen MR) is 116 cm³/mol. The topological polar surface area (TPSA) is 78.8 Å². The van der Waals surface area contributed by atoms with Crippen molar-refractivity contribution in [2.75, 3.05) is 31.1 Å². The zero-order valence-corrected chi connectivity index (χ0v) is 18.7. The van der Waals surface area contributed by atoms with Crippen LogP contribution in [0, 0.1) is 0 Å². The summed E-state index contributed by atoms with van der Waals surface area (Å²) in [6.07, 6.45) is 3.47. The molecule has 1 saturated heterocycles. The molecule has 1 aromatic carbocycles. The standard InChI is InChI=1S/C20H24BrClN4O3/c1-13-11-25(20-23-9-16(21)10-24-20)12-14(2)26(13)5-6-29-18-7-15(8-19(27)28)3-4-17(18)22/h3-4,7,9-10,13-14H,5-6,8,11-12H2,1-2H3,(H,27,28)/t13-,14+. The molecule has 0 radical (unpaired) electrons. The van der Waals surface area contributed by atoms with Crippen LogP contribution in [0.25, 0.3) is 0 Å².